The van der Waals surface area contributed by atoms with Crippen LogP contribution in [0.3, 0.4) is 0 Å². The number of carboxylic acid groups (broad SMARTS) is 1. The molecule has 10 N–H and O–H groups in total. The molecule has 190 valence electrons. The van der Waals surface area contributed by atoms with E-state index >= 15 is 0 Å². The molecular formula is C21H40N6O6. The van der Waals surface area contributed by atoms with Crippen LogP contribution in [0.1, 0.15) is 59.8 Å². The van der Waals surface area contributed by atoms with Crippen LogP contribution in [0, 0.1) is 11.8 Å². The van der Waals surface area contributed by atoms with Crippen LogP contribution < -0.4 is 33.2 Å². The topological polar surface area (TPSA) is 220 Å². The number of carbonyl (C=O) groups is 5. The minimum absolute atomic E-state index is 0.00950. The van der Waals surface area contributed by atoms with Crippen molar-refractivity contribution in [3.63, 3.8) is 0 Å². The molecule has 0 radical (unpaired) electrons. The fourth-order valence-electron chi connectivity index (χ4n) is 3.07. The van der Waals surface area contributed by atoms with E-state index in [-0.39, 0.29) is 12.3 Å². The second-order valence-electron chi connectivity index (χ2n) is 8.88. The van der Waals surface area contributed by atoms with Crippen molar-refractivity contribution < 1.29 is 29.1 Å². The Balaban J connectivity index is 5.43. The fraction of sp³-hybridized carbons (Fsp3) is 0.762. The highest BCUT2D eigenvalue weighted by atomic mass is 16.4. The third-order valence-electron chi connectivity index (χ3n) is 4.91. The van der Waals surface area contributed by atoms with Gasteiger partial charge in [0.25, 0.3) is 0 Å². The van der Waals surface area contributed by atoms with E-state index in [0.717, 1.165) is 0 Å². The molecule has 0 bridgehead atoms. The van der Waals surface area contributed by atoms with Gasteiger partial charge in [-0.25, -0.2) is 4.79 Å². The zero-order chi connectivity index (χ0) is 25.7. The van der Waals surface area contributed by atoms with E-state index < -0.39 is 66.1 Å². The van der Waals surface area contributed by atoms with E-state index in [2.05, 4.69) is 16.0 Å². The van der Waals surface area contributed by atoms with Crippen molar-refractivity contribution in [1.29, 1.82) is 0 Å². The number of hydrogen-bond acceptors (Lipinski definition) is 7. The number of primary amides is 1. The summed E-state index contributed by atoms with van der Waals surface area (Å²) >= 11 is 0. The number of nitrogens with one attached hydrogen (secondary N) is 3. The van der Waals surface area contributed by atoms with Crippen molar-refractivity contribution >= 4 is 29.6 Å². The van der Waals surface area contributed by atoms with Gasteiger partial charge in [0.2, 0.25) is 23.6 Å². The van der Waals surface area contributed by atoms with Gasteiger partial charge in [-0.15, -0.1) is 0 Å². The van der Waals surface area contributed by atoms with Crippen molar-refractivity contribution in [3.05, 3.63) is 0 Å². The van der Waals surface area contributed by atoms with E-state index in [4.69, 9.17) is 17.2 Å². The molecule has 33 heavy (non-hydrogen) atoms. The van der Waals surface area contributed by atoms with E-state index in [1.165, 1.54) is 0 Å². The third kappa shape index (κ3) is 12.2. The first-order chi connectivity index (χ1) is 15.3. The predicted octanol–water partition coefficient (Wildman–Crippen LogP) is -1.44. The summed E-state index contributed by atoms with van der Waals surface area (Å²) in [6.07, 6.45) is 1.49. The van der Waals surface area contributed by atoms with Crippen LogP contribution in [0.4, 0.5) is 0 Å². The van der Waals surface area contributed by atoms with Gasteiger partial charge in [-0.2, -0.15) is 0 Å². The van der Waals surface area contributed by atoms with Crippen molar-refractivity contribution in [2.75, 3.05) is 6.54 Å². The number of rotatable bonds is 16. The Kier molecular flexibility index (Phi) is 13.9. The lowest BCUT2D eigenvalue weighted by molar-refractivity contribution is -0.143. The Bertz CT molecular complexity index is 684. The van der Waals surface area contributed by atoms with Crippen molar-refractivity contribution in [2.24, 2.45) is 29.0 Å². The molecule has 0 saturated carbocycles. The fourth-order valence-corrected chi connectivity index (χ4v) is 3.07. The van der Waals surface area contributed by atoms with Gasteiger partial charge >= 0.3 is 5.97 Å². The Hall–Kier alpha value is -2.73. The number of carbonyl (C=O) groups excluding carboxylic acids is 4. The summed E-state index contributed by atoms with van der Waals surface area (Å²) in [5.74, 6) is -4.63. The van der Waals surface area contributed by atoms with E-state index in [1.54, 1.807) is 13.8 Å². The second kappa shape index (κ2) is 15.2. The molecule has 0 aromatic rings. The maximum Gasteiger partial charge on any atom is 0.326 e. The zero-order valence-corrected chi connectivity index (χ0v) is 19.9. The minimum Gasteiger partial charge on any atom is -0.480 e. The summed E-state index contributed by atoms with van der Waals surface area (Å²) in [6, 6.07) is -4.46. The van der Waals surface area contributed by atoms with Crippen LogP contribution >= 0.6 is 0 Å². The van der Waals surface area contributed by atoms with Gasteiger partial charge in [0.15, 0.2) is 0 Å². The van der Waals surface area contributed by atoms with Crippen LogP contribution in [0.25, 0.3) is 0 Å². The number of hydrogen-bond donors (Lipinski definition) is 7. The molecule has 4 atom stereocenters. The van der Waals surface area contributed by atoms with Crippen molar-refractivity contribution in [2.45, 2.75) is 84.0 Å². The van der Waals surface area contributed by atoms with Crippen LogP contribution in [0.5, 0.6) is 0 Å². The second-order valence-corrected chi connectivity index (χ2v) is 8.88. The highest BCUT2D eigenvalue weighted by molar-refractivity contribution is 5.96. The van der Waals surface area contributed by atoms with Crippen molar-refractivity contribution in [3.8, 4) is 0 Å². The van der Waals surface area contributed by atoms with Gasteiger partial charge in [-0.3, -0.25) is 19.2 Å². The summed E-state index contributed by atoms with van der Waals surface area (Å²) in [4.78, 5) is 60.9. The molecule has 0 rings (SSSR count). The molecule has 0 spiro atoms. The molecule has 0 saturated heterocycles. The lowest BCUT2D eigenvalue weighted by atomic mass is 10.0. The van der Waals surface area contributed by atoms with Gasteiger partial charge in [0.05, 0.1) is 12.5 Å². The normalized spacial score (nSPS) is 14.8. The molecule has 0 aliphatic carbocycles. The Morgan fingerprint density at radius 2 is 1.39 bits per heavy atom. The maximum atomic E-state index is 12.9. The van der Waals surface area contributed by atoms with Crippen LogP contribution in [-0.2, 0) is 24.0 Å². The Labute approximate surface area is 194 Å². The Morgan fingerprint density at radius 1 is 0.848 bits per heavy atom. The number of amides is 4. The molecule has 0 aromatic heterocycles. The first-order valence-electron chi connectivity index (χ1n) is 11.2. The van der Waals surface area contributed by atoms with Crippen LogP contribution in [0.2, 0.25) is 0 Å². The lowest BCUT2D eigenvalue weighted by Crippen LogP contribution is -2.58. The van der Waals surface area contributed by atoms with Gasteiger partial charge in [0.1, 0.15) is 18.1 Å². The average molecular weight is 473 g/mol. The summed E-state index contributed by atoms with van der Waals surface area (Å²) in [5, 5.41) is 16.6. The zero-order valence-electron chi connectivity index (χ0n) is 19.9. The predicted molar refractivity (Wildman–Crippen MR) is 122 cm³/mol. The number of nitrogens with two attached hydrogens (primary N) is 3. The molecule has 12 heteroatoms. The summed E-state index contributed by atoms with van der Waals surface area (Å²) in [7, 11) is 0. The largest absolute Gasteiger partial charge is 0.480 e. The van der Waals surface area contributed by atoms with Crippen molar-refractivity contribution in [1.82, 2.24) is 16.0 Å². The first-order valence-corrected chi connectivity index (χ1v) is 11.2. The average Bonchev–Trinajstić information content (AvgIpc) is 2.69. The standard InChI is InChI=1S/C21H40N6O6/c1-11(2)9-14(25-18(29)13(23)7-5-6-8-22)19(30)26-15(10-16(24)28)20(31)27-17(12(3)4)21(32)33/h11-15,17H,5-10,22-23H2,1-4H3,(H2,24,28)(H,25,29)(H,26,30)(H,27,31)(H,32,33). The highest BCUT2D eigenvalue weighted by Crippen LogP contribution is 2.08. The summed E-state index contributed by atoms with van der Waals surface area (Å²) in [6.45, 7) is 7.38. The SMILES string of the molecule is CC(C)CC(NC(=O)C(N)CCCCN)C(=O)NC(CC(N)=O)C(=O)NC(C(=O)O)C(C)C. The monoisotopic (exact) mass is 472 g/mol. The van der Waals surface area contributed by atoms with Crippen LogP contribution in [0.15, 0.2) is 0 Å². The van der Waals surface area contributed by atoms with Gasteiger partial charge in [-0.1, -0.05) is 34.1 Å². The van der Waals surface area contributed by atoms with E-state index in [9.17, 15) is 29.1 Å². The number of unbranched alkanes of at least 4 members (excludes halogenated alkanes) is 1. The van der Waals surface area contributed by atoms with E-state index in [0.29, 0.717) is 25.8 Å². The number of carboxylic acids is 1. The highest BCUT2D eigenvalue weighted by Gasteiger charge is 2.32. The first kappa shape index (κ1) is 30.3. The maximum absolute atomic E-state index is 12.9. The van der Waals surface area contributed by atoms with Crippen LogP contribution in [-0.4, -0.2) is 65.4 Å². The molecule has 0 aliphatic rings. The number of aliphatic carboxylic acids is 1. The Morgan fingerprint density at radius 3 is 1.85 bits per heavy atom. The minimum atomic E-state index is -1.40. The molecule has 4 amide bonds. The van der Waals surface area contributed by atoms with E-state index in [1.807, 2.05) is 13.8 Å². The lowest BCUT2D eigenvalue weighted by Gasteiger charge is -2.26. The smallest absolute Gasteiger partial charge is 0.326 e. The third-order valence-corrected chi connectivity index (χ3v) is 4.91. The molecular weight excluding hydrogens is 432 g/mol. The summed E-state index contributed by atoms with van der Waals surface area (Å²) in [5.41, 5.74) is 16.6. The molecule has 0 aromatic carbocycles. The van der Waals surface area contributed by atoms with Gasteiger partial charge in [-0.05, 0) is 37.6 Å². The molecule has 4 unspecified atom stereocenters. The molecule has 0 fully saturated rings. The van der Waals surface area contributed by atoms with Gasteiger partial charge < -0.3 is 38.3 Å². The molecule has 12 nitrogen and oxygen atoms in total. The molecule has 0 aliphatic heterocycles. The quantitative estimate of drug-likeness (QED) is 0.131. The van der Waals surface area contributed by atoms with Gasteiger partial charge in [0, 0.05) is 0 Å². The summed E-state index contributed by atoms with van der Waals surface area (Å²) < 4.78 is 0. The molecule has 0 heterocycles.